The third-order valence-electron chi connectivity index (χ3n) is 4.34. The number of hydrogen-bond acceptors (Lipinski definition) is 5. The number of fused-ring (bicyclic) bond motifs is 2. The molecule has 0 radical (unpaired) electrons. The Bertz CT molecular complexity index is 794. The molecule has 0 amide bonds. The second-order valence-corrected chi connectivity index (χ2v) is 6.09. The van der Waals surface area contributed by atoms with Gasteiger partial charge in [-0.05, 0) is 32.0 Å². The summed E-state index contributed by atoms with van der Waals surface area (Å²) in [4.78, 5) is 15.9. The Morgan fingerprint density at radius 2 is 2.13 bits per heavy atom. The SMILES string of the molecule is Cc1ncc2c(n1)CCN(CCCc1nc3ccccc3o1)C2. The summed E-state index contributed by atoms with van der Waals surface area (Å²) in [7, 11) is 0. The molecule has 4 rings (SSSR count). The number of aromatic nitrogens is 3. The van der Waals surface area contributed by atoms with Gasteiger partial charge < -0.3 is 4.42 Å². The van der Waals surface area contributed by atoms with Gasteiger partial charge in [-0.2, -0.15) is 0 Å². The highest BCUT2D eigenvalue weighted by atomic mass is 16.3. The number of aryl methyl sites for hydroxylation is 2. The van der Waals surface area contributed by atoms with E-state index in [2.05, 4.69) is 19.9 Å². The fourth-order valence-corrected chi connectivity index (χ4v) is 3.15. The molecule has 0 unspecified atom stereocenters. The summed E-state index contributed by atoms with van der Waals surface area (Å²) in [5, 5.41) is 0. The van der Waals surface area contributed by atoms with E-state index in [1.807, 2.05) is 37.4 Å². The molecule has 0 fully saturated rings. The minimum absolute atomic E-state index is 0.836. The molecule has 0 atom stereocenters. The quantitative estimate of drug-likeness (QED) is 0.742. The maximum absolute atomic E-state index is 5.78. The van der Waals surface area contributed by atoms with E-state index in [1.54, 1.807) is 0 Å². The first kappa shape index (κ1) is 14.3. The third kappa shape index (κ3) is 3.10. The molecule has 1 aliphatic heterocycles. The van der Waals surface area contributed by atoms with Gasteiger partial charge in [0.25, 0.3) is 0 Å². The molecule has 3 heterocycles. The van der Waals surface area contributed by atoms with Gasteiger partial charge >= 0.3 is 0 Å². The molecule has 2 aromatic heterocycles. The lowest BCUT2D eigenvalue weighted by Gasteiger charge is -2.27. The highest BCUT2D eigenvalue weighted by Gasteiger charge is 2.17. The number of oxazole rings is 1. The molecule has 3 aromatic rings. The first-order chi connectivity index (χ1) is 11.3. The van der Waals surface area contributed by atoms with Gasteiger partial charge in [0.1, 0.15) is 11.3 Å². The minimum Gasteiger partial charge on any atom is -0.441 e. The largest absolute Gasteiger partial charge is 0.441 e. The summed E-state index contributed by atoms with van der Waals surface area (Å²) in [6.07, 6.45) is 4.92. The summed E-state index contributed by atoms with van der Waals surface area (Å²) in [5.41, 5.74) is 4.31. The molecule has 0 bridgehead atoms. The van der Waals surface area contributed by atoms with Gasteiger partial charge in [-0.1, -0.05) is 12.1 Å². The number of para-hydroxylation sites is 2. The Morgan fingerprint density at radius 1 is 1.22 bits per heavy atom. The van der Waals surface area contributed by atoms with Crippen molar-refractivity contribution in [2.75, 3.05) is 13.1 Å². The van der Waals surface area contributed by atoms with E-state index in [-0.39, 0.29) is 0 Å². The fourth-order valence-electron chi connectivity index (χ4n) is 3.15. The summed E-state index contributed by atoms with van der Waals surface area (Å²) in [6.45, 7) is 5.01. The number of rotatable bonds is 4. The summed E-state index contributed by atoms with van der Waals surface area (Å²) in [5.74, 6) is 1.70. The minimum atomic E-state index is 0.836. The Balaban J connectivity index is 1.34. The van der Waals surface area contributed by atoms with E-state index in [1.165, 1.54) is 11.3 Å². The van der Waals surface area contributed by atoms with Crippen molar-refractivity contribution in [3.05, 3.63) is 53.4 Å². The van der Waals surface area contributed by atoms with Crippen molar-refractivity contribution in [2.45, 2.75) is 32.7 Å². The molecular formula is C18H20N4O. The summed E-state index contributed by atoms with van der Waals surface area (Å²) in [6, 6.07) is 7.93. The van der Waals surface area contributed by atoms with Crippen LogP contribution in [-0.4, -0.2) is 32.9 Å². The van der Waals surface area contributed by atoms with Crippen LogP contribution in [0.2, 0.25) is 0 Å². The predicted molar refractivity (Wildman–Crippen MR) is 88.1 cm³/mol. The van der Waals surface area contributed by atoms with E-state index in [0.29, 0.717) is 0 Å². The number of nitrogens with zero attached hydrogens (tertiary/aromatic N) is 4. The average molecular weight is 308 g/mol. The molecule has 1 aliphatic rings. The smallest absolute Gasteiger partial charge is 0.195 e. The van der Waals surface area contributed by atoms with Crippen molar-refractivity contribution in [3.63, 3.8) is 0 Å². The third-order valence-corrected chi connectivity index (χ3v) is 4.34. The normalized spacial score (nSPS) is 15.0. The predicted octanol–water partition coefficient (Wildman–Crippen LogP) is 2.92. The van der Waals surface area contributed by atoms with Crippen LogP contribution in [0, 0.1) is 6.92 Å². The Labute approximate surface area is 135 Å². The van der Waals surface area contributed by atoms with Crippen molar-refractivity contribution in [2.24, 2.45) is 0 Å². The van der Waals surface area contributed by atoms with Gasteiger partial charge in [0, 0.05) is 43.4 Å². The summed E-state index contributed by atoms with van der Waals surface area (Å²) >= 11 is 0. The maximum atomic E-state index is 5.78. The average Bonchev–Trinajstić information content (AvgIpc) is 2.97. The van der Waals surface area contributed by atoms with Crippen LogP contribution < -0.4 is 0 Å². The van der Waals surface area contributed by atoms with Crippen LogP contribution in [0.5, 0.6) is 0 Å². The van der Waals surface area contributed by atoms with Crippen LogP contribution in [0.4, 0.5) is 0 Å². The van der Waals surface area contributed by atoms with Crippen LogP contribution in [0.1, 0.15) is 29.4 Å². The molecule has 23 heavy (non-hydrogen) atoms. The first-order valence-electron chi connectivity index (χ1n) is 8.16. The molecule has 0 N–H and O–H groups in total. The van der Waals surface area contributed by atoms with E-state index in [9.17, 15) is 0 Å². The van der Waals surface area contributed by atoms with Crippen molar-refractivity contribution >= 4 is 11.1 Å². The standard InChI is InChI=1S/C18H20N4O/c1-13-19-11-14-12-22(10-8-15(14)20-13)9-4-7-18-21-16-5-2-3-6-17(16)23-18/h2-3,5-6,11H,4,7-10,12H2,1H3. The molecule has 5 heteroatoms. The molecule has 0 saturated carbocycles. The molecule has 0 aliphatic carbocycles. The van der Waals surface area contributed by atoms with Crippen LogP contribution in [0.3, 0.4) is 0 Å². The van der Waals surface area contributed by atoms with Crippen molar-refractivity contribution in [1.29, 1.82) is 0 Å². The van der Waals surface area contributed by atoms with Crippen LogP contribution >= 0.6 is 0 Å². The summed E-state index contributed by atoms with van der Waals surface area (Å²) < 4.78 is 5.78. The Hall–Kier alpha value is -2.27. The number of benzene rings is 1. The van der Waals surface area contributed by atoms with Crippen LogP contribution in [0.25, 0.3) is 11.1 Å². The molecular weight excluding hydrogens is 288 g/mol. The Kier molecular flexibility index (Phi) is 3.79. The lowest BCUT2D eigenvalue weighted by molar-refractivity contribution is 0.246. The second-order valence-electron chi connectivity index (χ2n) is 6.09. The van der Waals surface area contributed by atoms with E-state index >= 15 is 0 Å². The highest BCUT2D eigenvalue weighted by molar-refractivity contribution is 5.72. The fraction of sp³-hybridized carbons (Fsp3) is 0.389. The van der Waals surface area contributed by atoms with E-state index < -0.39 is 0 Å². The molecule has 1 aromatic carbocycles. The molecule has 0 saturated heterocycles. The van der Waals surface area contributed by atoms with Gasteiger partial charge in [0.05, 0.1) is 0 Å². The van der Waals surface area contributed by atoms with Crippen molar-refractivity contribution < 1.29 is 4.42 Å². The first-order valence-corrected chi connectivity index (χ1v) is 8.16. The van der Waals surface area contributed by atoms with E-state index in [0.717, 1.165) is 61.7 Å². The van der Waals surface area contributed by atoms with Gasteiger partial charge in [-0.25, -0.2) is 15.0 Å². The van der Waals surface area contributed by atoms with E-state index in [4.69, 9.17) is 4.42 Å². The molecule has 0 spiro atoms. The second kappa shape index (κ2) is 6.08. The zero-order valence-corrected chi connectivity index (χ0v) is 13.3. The maximum Gasteiger partial charge on any atom is 0.195 e. The van der Waals surface area contributed by atoms with Gasteiger partial charge in [-0.15, -0.1) is 0 Å². The molecule has 118 valence electrons. The number of hydrogen-bond donors (Lipinski definition) is 0. The zero-order valence-electron chi connectivity index (χ0n) is 13.3. The monoisotopic (exact) mass is 308 g/mol. The van der Waals surface area contributed by atoms with Crippen LogP contribution in [-0.2, 0) is 19.4 Å². The Morgan fingerprint density at radius 3 is 3.04 bits per heavy atom. The van der Waals surface area contributed by atoms with Gasteiger partial charge in [-0.3, -0.25) is 4.90 Å². The molecule has 5 nitrogen and oxygen atoms in total. The van der Waals surface area contributed by atoms with Crippen molar-refractivity contribution in [3.8, 4) is 0 Å². The van der Waals surface area contributed by atoms with Gasteiger partial charge in [0.2, 0.25) is 0 Å². The topological polar surface area (TPSA) is 55.1 Å². The van der Waals surface area contributed by atoms with Crippen LogP contribution in [0.15, 0.2) is 34.9 Å². The highest BCUT2D eigenvalue weighted by Crippen LogP contribution is 2.18. The zero-order chi connectivity index (χ0) is 15.6. The van der Waals surface area contributed by atoms with Crippen molar-refractivity contribution in [1.82, 2.24) is 19.9 Å². The lowest BCUT2D eigenvalue weighted by Crippen LogP contribution is -2.32. The lowest BCUT2D eigenvalue weighted by atomic mass is 10.1. The van der Waals surface area contributed by atoms with Gasteiger partial charge in [0.15, 0.2) is 11.5 Å².